The van der Waals surface area contributed by atoms with Gasteiger partial charge in [-0.15, -0.1) is 0 Å². The van der Waals surface area contributed by atoms with Crippen molar-refractivity contribution in [3.05, 3.63) is 23.4 Å². The maximum atomic E-state index is 10.4. The summed E-state index contributed by atoms with van der Waals surface area (Å²) < 4.78 is 0. The second kappa shape index (κ2) is 4.91. The van der Waals surface area contributed by atoms with E-state index in [1.807, 2.05) is 0 Å². The summed E-state index contributed by atoms with van der Waals surface area (Å²) in [6, 6.07) is 3.01. The number of anilines is 1. The maximum Gasteiger partial charge on any atom is 0.306 e. The molecule has 1 aromatic heterocycles. The van der Waals surface area contributed by atoms with E-state index >= 15 is 0 Å². The van der Waals surface area contributed by atoms with Gasteiger partial charge < -0.3 is 21.1 Å². The van der Waals surface area contributed by atoms with E-state index in [0.717, 1.165) is 0 Å². The van der Waals surface area contributed by atoms with Crippen LogP contribution in [0.1, 0.15) is 23.8 Å². The fraction of sp³-hybridized carbons (Fsp3) is 0.400. The van der Waals surface area contributed by atoms with Crippen molar-refractivity contribution in [1.82, 2.24) is 4.98 Å². The molecule has 1 aromatic rings. The molecule has 0 spiro atoms. The molecule has 0 fully saturated rings. The molecule has 0 aromatic carbocycles. The fourth-order valence-corrected chi connectivity index (χ4v) is 1.40. The smallest absolute Gasteiger partial charge is 0.306 e. The predicted molar refractivity (Wildman–Crippen MR) is 56.6 cm³/mol. The van der Waals surface area contributed by atoms with Gasteiger partial charge in [0, 0.05) is 11.3 Å². The SMILES string of the molecule is Cc1nc(N)ccc1C(O)C(O)CC(=O)O. The monoisotopic (exact) mass is 226 g/mol. The van der Waals surface area contributed by atoms with Crippen LogP contribution in [0.25, 0.3) is 0 Å². The quantitative estimate of drug-likeness (QED) is 0.567. The van der Waals surface area contributed by atoms with Crippen LogP contribution in [0, 0.1) is 6.92 Å². The molecule has 0 aliphatic heterocycles. The highest BCUT2D eigenvalue weighted by Gasteiger charge is 2.22. The summed E-state index contributed by atoms with van der Waals surface area (Å²) in [5.41, 5.74) is 6.28. The van der Waals surface area contributed by atoms with Crippen molar-refractivity contribution in [1.29, 1.82) is 0 Å². The molecule has 0 saturated carbocycles. The first-order valence-electron chi connectivity index (χ1n) is 4.72. The molecule has 0 bridgehead atoms. The highest BCUT2D eigenvalue weighted by Crippen LogP contribution is 2.22. The third-order valence-electron chi connectivity index (χ3n) is 2.22. The summed E-state index contributed by atoms with van der Waals surface area (Å²) in [5, 5.41) is 27.6. The first kappa shape index (κ1) is 12.4. The standard InChI is InChI=1S/C10H14N2O4/c1-5-6(2-3-8(11)12-5)10(16)7(13)4-9(14)15/h2-3,7,10,13,16H,4H2,1H3,(H2,11,12)(H,14,15). The molecule has 0 radical (unpaired) electrons. The van der Waals surface area contributed by atoms with Gasteiger partial charge in [-0.25, -0.2) is 4.98 Å². The molecule has 1 heterocycles. The lowest BCUT2D eigenvalue weighted by atomic mass is 10.0. The molecular weight excluding hydrogens is 212 g/mol. The molecule has 5 N–H and O–H groups in total. The third kappa shape index (κ3) is 2.91. The number of aliphatic hydroxyl groups excluding tert-OH is 2. The summed E-state index contributed by atoms with van der Waals surface area (Å²) in [6.07, 6.45) is -3.16. The molecule has 2 atom stereocenters. The van der Waals surface area contributed by atoms with Gasteiger partial charge in [0.15, 0.2) is 0 Å². The van der Waals surface area contributed by atoms with Crippen LogP contribution in [-0.2, 0) is 4.79 Å². The van der Waals surface area contributed by atoms with Gasteiger partial charge >= 0.3 is 5.97 Å². The molecule has 6 nitrogen and oxygen atoms in total. The Labute approximate surface area is 92.4 Å². The van der Waals surface area contributed by atoms with Gasteiger partial charge in [0.1, 0.15) is 11.9 Å². The van der Waals surface area contributed by atoms with Crippen LogP contribution in [0.2, 0.25) is 0 Å². The van der Waals surface area contributed by atoms with Crippen molar-refractivity contribution in [2.75, 3.05) is 5.73 Å². The van der Waals surface area contributed by atoms with E-state index in [4.69, 9.17) is 10.8 Å². The number of carbonyl (C=O) groups is 1. The summed E-state index contributed by atoms with van der Waals surface area (Å²) in [7, 11) is 0. The van der Waals surface area contributed by atoms with Gasteiger partial charge in [-0.1, -0.05) is 6.07 Å². The Morgan fingerprint density at radius 2 is 2.12 bits per heavy atom. The number of aliphatic hydroxyl groups is 2. The third-order valence-corrected chi connectivity index (χ3v) is 2.22. The van der Waals surface area contributed by atoms with Crippen LogP contribution in [0.15, 0.2) is 12.1 Å². The zero-order valence-electron chi connectivity index (χ0n) is 8.79. The highest BCUT2D eigenvalue weighted by molar-refractivity contribution is 5.67. The predicted octanol–water partition coefficient (Wildman–Crippen LogP) is -0.159. The van der Waals surface area contributed by atoms with Gasteiger partial charge in [-0.3, -0.25) is 4.79 Å². The van der Waals surface area contributed by atoms with Crippen LogP contribution in [0.5, 0.6) is 0 Å². The minimum atomic E-state index is -1.36. The van der Waals surface area contributed by atoms with Crippen molar-refractivity contribution in [3.63, 3.8) is 0 Å². The number of hydrogen-bond acceptors (Lipinski definition) is 5. The average molecular weight is 226 g/mol. The Bertz CT molecular complexity index is 394. The normalized spacial score (nSPS) is 14.4. The average Bonchev–Trinajstić information content (AvgIpc) is 2.15. The number of aliphatic carboxylic acids is 1. The van der Waals surface area contributed by atoms with E-state index in [-0.39, 0.29) is 0 Å². The number of nitrogen functional groups attached to an aromatic ring is 1. The molecular formula is C10H14N2O4. The first-order chi connectivity index (χ1) is 7.41. The van der Waals surface area contributed by atoms with Crippen molar-refractivity contribution < 1.29 is 20.1 Å². The van der Waals surface area contributed by atoms with Crippen LogP contribution < -0.4 is 5.73 Å². The van der Waals surface area contributed by atoms with Gasteiger partial charge in [0.05, 0.1) is 12.5 Å². The van der Waals surface area contributed by atoms with E-state index < -0.39 is 24.6 Å². The molecule has 0 aliphatic rings. The van der Waals surface area contributed by atoms with E-state index in [9.17, 15) is 15.0 Å². The minimum Gasteiger partial charge on any atom is -0.481 e. The number of rotatable bonds is 4. The Hall–Kier alpha value is -1.66. The zero-order chi connectivity index (χ0) is 12.3. The van der Waals surface area contributed by atoms with Crippen LogP contribution in [-0.4, -0.2) is 32.4 Å². The number of aryl methyl sites for hydroxylation is 1. The lowest BCUT2D eigenvalue weighted by molar-refractivity contribution is -0.141. The van der Waals surface area contributed by atoms with Crippen molar-refractivity contribution in [2.45, 2.75) is 25.6 Å². The van der Waals surface area contributed by atoms with Gasteiger partial charge in [-0.05, 0) is 13.0 Å². The molecule has 6 heteroatoms. The molecule has 2 unspecified atom stereocenters. The van der Waals surface area contributed by atoms with Gasteiger partial charge in [0.2, 0.25) is 0 Å². The first-order valence-corrected chi connectivity index (χ1v) is 4.72. The Balaban J connectivity index is 2.87. The second-order valence-electron chi connectivity index (χ2n) is 3.52. The minimum absolute atomic E-state index is 0.307. The summed E-state index contributed by atoms with van der Waals surface area (Å²) in [6.45, 7) is 1.63. The van der Waals surface area contributed by atoms with Crippen molar-refractivity contribution in [2.24, 2.45) is 0 Å². The van der Waals surface area contributed by atoms with Crippen LogP contribution in [0.3, 0.4) is 0 Å². The number of nitrogens with zero attached hydrogens (tertiary/aromatic N) is 1. The van der Waals surface area contributed by atoms with E-state index in [2.05, 4.69) is 4.98 Å². The number of aromatic nitrogens is 1. The number of nitrogens with two attached hydrogens (primary N) is 1. The maximum absolute atomic E-state index is 10.4. The van der Waals surface area contributed by atoms with E-state index in [0.29, 0.717) is 17.1 Å². The number of hydrogen-bond donors (Lipinski definition) is 4. The molecule has 1 rings (SSSR count). The lowest BCUT2D eigenvalue weighted by Gasteiger charge is -2.18. The number of pyridine rings is 1. The molecule has 88 valence electrons. The van der Waals surface area contributed by atoms with Gasteiger partial charge in [-0.2, -0.15) is 0 Å². The second-order valence-corrected chi connectivity index (χ2v) is 3.52. The van der Waals surface area contributed by atoms with Crippen molar-refractivity contribution in [3.8, 4) is 0 Å². The molecule has 0 aliphatic carbocycles. The largest absolute Gasteiger partial charge is 0.481 e. The van der Waals surface area contributed by atoms with Crippen molar-refractivity contribution >= 4 is 11.8 Å². The van der Waals surface area contributed by atoms with E-state index in [1.165, 1.54) is 12.1 Å². The van der Waals surface area contributed by atoms with E-state index in [1.54, 1.807) is 6.92 Å². The van der Waals surface area contributed by atoms with Crippen LogP contribution >= 0.6 is 0 Å². The lowest BCUT2D eigenvalue weighted by Crippen LogP contribution is -2.22. The number of carboxylic acids is 1. The topological polar surface area (TPSA) is 117 Å². The number of carboxylic acid groups (broad SMARTS) is 1. The molecule has 0 amide bonds. The van der Waals surface area contributed by atoms with Gasteiger partial charge in [0.25, 0.3) is 0 Å². The Morgan fingerprint density at radius 1 is 1.50 bits per heavy atom. The molecule has 0 saturated heterocycles. The summed E-state index contributed by atoms with van der Waals surface area (Å²) in [5.74, 6) is -0.867. The fourth-order valence-electron chi connectivity index (χ4n) is 1.40. The van der Waals surface area contributed by atoms with Crippen LogP contribution in [0.4, 0.5) is 5.82 Å². The molecule has 16 heavy (non-hydrogen) atoms. The summed E-state index contributed by atoms with van der Waals surface area (Å²) >= 11 is 0. The summed E-state index contributed by atoms with van der Waals surface area (Å²) in [4.78, 5) is 14.3. The zero-order valence-corrected chi connectivity index (χ0v) is 8.79. The Morgan fingerprint density at radius 3 is 2.62 bits per heavy atom. The highest BCUT2D eigenvalue weighted by atomic mass is 16.4. The Kier molecular flexibility index (Phi) is 3.81.